The van der Waals surface area contributed by atoms with Gasteiger partial charge in [0.15, 0.2) is 0 Å². The van der Waals surface area contributed by atoms with Crippen LogP contribution in [0, 0.1) is 11.3 Å². The number of hydrogen-bond acceptors (Lipinski definition) is 3. The van der Waals surface area contributed by atoms with Gasteiger partial charge >= 0.3 is 0 Å². The molecule has 4 rings (SSSR count). The van der Waals surface area contributed by atoms with Crippen molar-refractivity contribution in [2.45, 2.75) is 36.6 Å². The lowest BCUT2D eigenvalue weighted by molar-refractivity contribution is 0.295. The number of anilines is 1. The molecule has 1 spiro atoms. The second kappa shape index (κ2) is 6.26. The van der Waals surface area contributed by atoms with Gasteiger partial charge in [-0.3, -0.25) is 4.98 Å². The summed E-state index contributed by atoms with van der Waals surface area (Å²) >= 11 is 7.26. The van der Waals surface area contributed by atoms with Gasteiger partial charge in [0.05, 0.1) is 18.0 Å². The summed E-state index contributed by atoms with van der Waals surface area (Å²) in [6, 6.07) is 13.1. The van der Waals surface area contributed by atoms with E-state index in [2.05, 4.69) is 78.6 Å². The van der Waals surface area contributed by atoms with Gasteiger partial charge in [0, 0.05) is 20.6 Å². The normalized spacial score (nSPS) is 27.5. The molecule has 0 bridgehead atoms. The van der Waals surface area contributed by atoms with E-state index in [1.807, 2.05) is 6.07 Å². The molecule has 1 N–H and O–H groups in total. The molecule has 25 heavy (non-hydrogen) atoms. The molecule has 1 aromatic heterocycles. The number of rotatable bonds is 2. The zero-order valence-corrected chi connectivity index (χ0v) is 16.8. The molecule has 0 saturated heterocycles. The van der Waals surface area contributed by atoms with Crippen LogP contribution in [0.25, 0.3) is 6.08 Å². The number of hydrogen-bond donors (Lipinski definition) is 1. The van der Waals surface area contributed by atoms with E-state index in [-0.39, 0.29) is 5.41 Å². The van der Waals surface area contributed by atoms with Crippen LogP contribution in [0.15, 0.2) is 51.7 Å². The summed E-state index contributed by atoms with van der Waals surface area (Å²) in [6.07, 6.45) is 9.25. The van der Waals surface area contributed by atoms with Gasteiger partial charge in [-0.05, 0) is 64.9 Å². The van der Waals surface area contributed by atoms with E-state index >= 15 is 0 Å². The van der Waals surface area contributed by atoms with Crippen molar-refractivity contribution in [1.29, 1.82) is 5.26 Å². The van der Waals surface area contributed by atoms with Crippen molar-refractivity contribution in [2.24, 2.45) is 0 Å². The fourth-order valence-corrected chi connectivity index (χ4v) is 5.32. The fraction of sp³-hybridized carbons (Fsp3) is 0.300. The molecule has 0 unspecified atom stereocenters. The molecule has 0 amide bonds. The predicted molar refractivity (Wildman–Crippen MR) is 107 cm³/mol. The number of pyridine rings is 1. The molecule has 0 atom stereocenters. The Balaban J connectivity index is 1.60. The van der Waals surface area contributed by atoms with Crippen LogP contribution in [0.2, 0.25) is 0 Å². The van der Waals surface area contributed by atoms with Crippen molar-refractivity contribution in [2.75, 3.05) is 5.32 Å². The average molecular weight is 459 g/mol. The molecule has 2 aliphatic carbocycles. The minimum Gasteiger partial charge on any atom is -0.366 e. The van der Waals surface area contributed by atoms with Gasteiger partial charge in [-0.1, -0.05) is 40.2 Å². The second-order valence-corrected chi connectivity index (χ2v) is 8.64. The molecule has 1 fully saturated rings. The number of fused-ring (bicyclic) bond motifs is 2. The van der Waals surface area contributed by atoms with Gasteiger partial charge in [-0.2, -0.15) is 5.26 Å². The molecule has 2 aromatic rings. The van der Waals surface area contributed by atoms with E-state index in [4.69, 9.17) is 0 Å². The molecule has 5 heteroatoms. The molecule has 2 aliphatic rings. The maximum Gasteiger partial charge on any atom is 0.125 e. The lowest BCUT2D eigenvalue weighted by atomic mass is 9.65. The first-order valence-corrected chi connectivity index (χ1v) is 9.93. The Morgan fingerprint density at radius 1 is 1.08 bits per heavy atom. The predicted octanol–water partition coefficient (Wildman–Crippen LogP) is 5.78. The van der Waals surface area contributed by atoms with E-state index in [9.17, 15) is 5.26 Å². The van der Waals surface area contributed by atoms with E-state index < -0.39 is 5.54 Å². The summed E-state index contributed by atoms with van der Waals surface area (Å²) in [7, 11) is 0. The van der Waals surface area contributed by atoms with Crippen molar-refractivity contribution in [3.8, 4) is 6.07 Å². The number of nitrogens with one attached hydrogen (secondary N) is 1. The van der Waals surface area contributed by atoms with Crippen LogP contribution in [-0.2, 0) is 5.41 Å². The molecule has 1 heterocycles. The Bertz CT molecular complexity index is 890. The zero-order chi connectivity index (χ0) is 17.5. The second-order valence-electron chi connectivity index (χ2n) is 6.87. The molecule has 0 radical (unpaired) electrons. The topological polar surface area (TPSA) is 48.7 Å². The van der Waals surface area contributed by atoms with Crippen LogP contribution in [0.5, 0.6) is 0 Å². The summed E-state index contributed by atoms with van der Waals surface area (Å²) in [4.78, 5) is 4.19. The molecular weight excluding hydrogens is 442 g/mol. The number of nitriles is 1. The van der Waals surface area contributed by atoms with Crippen molar-refractivity contribution in [1.82, 2.24) is 4.98 Å². The minimum atomic E-state index is -0.543. The third-order valence-electron chi connectivity index (χ3n) is 5.48. The number of allylic oxidation sites excluding steroid dienone is 1. The summed E-state index contributed by atoms with van der Waals surface area (Å²) < 4.78 is 2.16. The van der Waals surface area contributed by atoms with E-state index in [0.29, 0.717) is 0 Å². The van der Waals surface area contributed by atoms with E-state index in [0.717, 1.165) is 35.8 Å². The quantitative estimate of drug-likeness (QED) is 0.620. The van der Waals surface area contributed by atoms with Crippen LogP contribution in [0.3, 0.4) is 0 Å². The minimum absolute atomic E-state index is 0.0220. The largest absolute Gasteiger partial charge is 0.366 e. The highest BCUT2D eigenvalue weighted by Gasteiger charge is 2.48. The highest BCUT2D eigenvalue weighted by Crippen LogP contribution is 2.55. The Hall–Kier alpha value is -1.64. The molecular formula is C20H17Br2N3. The highest BCUT2D eigenvalue weighted by molar-refractivity contribution is 9.12. The number of nitrogens with zero attached hydrogens (tertiary/aromatic N) is 2. The van der Waals surface area contributed by atoms with Gasteiger partial charge in [0.2, 0.25) is 0 Å². The summed E-state index contributed by atoms with van der Waals surface area (Å²) in [5, 5.41) is 13.3. The lowest BCUT2D eigenvalue weighted by Gasteiger charge is -2.43. The van der Waals surface area contributed by atoms with Gasteiger partial charge in [0.25, 0.3) is 0 Å². The standard InChI is InChI=1S/C20H17Br2N3/c21-15-10-16(12-24-11-15)25-19(13-23)5-7-20(8-6-19)17-4-2-1-3-14(17)9-18(20)22/h1-4,9-12,25H,5-8H2. The van der Waals surface area contributed by atoms with Crippen LogP contribution >= 0.6 is 31.9 Å². The molecule has 1 aromatic carbocycles. The first-order chi connectivity index (χ1) is 12.1. The van der Waals surface area contributed by atoms with Gasteiger partial charge in [-0.25, -0.2) is 0 Å². The highest BCUT2D eigenvalue weighted by atomic mass is 79.9. The first-order valence-electron chi connectivity index (χ1n) is 8.34. The summed E-state index contributed by atoms with van der Waals surface area (Å²) in [6.45, 7) is 0. The SMILES string of the molecule is N#CC1(Nc2cncc(Br)c2)CCC2(CC1)C(Br)=Cc1ccccc12. The Labute approximate surface area is 164 Å². The molecule has 1 saturated carbocycles. The third kappa shape index (κ3) is 2.82. The summed E-state index contributed by atoms with van der Waals surface area (Å²) in [5.41, 5.74) is 3.04. The van der Waals surface area contributed by atoms with Gasteiger partial charge in [-0.15, -0.1) is 0 Å². The Morgan fingerprint density at radius 2 is 1.84 bits per heavy atom. The number of halogens is 2. The first kappa shape index (κ1) is 16.8. The fourth-order valence-electron chi connectivity index (χ4n) is 4.09. The maximum atomic E-state index is 9.89. The van der Waals surface area contributed by atoms with Crippen LogP contribution in [0.1, 0.15) is 36.8 Å². The smallest absolute Gasteiger partial charge is 0.125 e. The van der Waals surface area contributed by atoms with Gasteiger partial charge < -0.3 is 5.32 Å². The lowest BCUT2D eigenvalue weighted by Crippen LogP contribution is -2.45. The zero-order valence-electron chi connectivity index (χ0n) is 13.6. The average Bonchev–Trinajstić information content (AvgIpc) is 2.89. The van der Waals surface area contributed by atoms with Crippen molar-refractivity contribution in [3.05, 3.63) is 62.8 Å². The monoisotopic (exact) mass is 457 g/mol. The van der Waals surface area contributed by atoms with Crippen LogP contribution in [-0.4, -0.2) is 10.5 Å². The molecule has 3 nitrogen and oxygen atoms in total. The Morgan fingerprint density at radius 3 is 2.56 bits per heavy atom. The van der Waals surface area contributed by atoms with E-state index in [1.165, 1.54) is 15.6 Å². The number of aromatic nitrogens is 1. The maximum absolute atomic E-state index is 9.89. The summed E-state index contributed by atoms with van der Waals surface area (Å²) in [5.74, 6) is 0. The van der Waals surface area contributed by atoms with Crippen LogP contribution < -0.4 is 5.32 Å². The van der Waals surface area contributed by atoms with Crippen molar-refractivity contribution < 1.29 is 0 Å². The molecule has 126 valence electrons. The Kier molecular flexibility index (Phi) is 4.21. The molecule has 0 aliphatic heterocycles. The van der Waals surface area contributed by atoms with E-state index in [1.54, 1.807) is 12.4 Å². The third-order valence-corrected chi connectivity index (χ3v) is 6.90. The number of benzene rings is 1. The van der Waals surface area contributed by atoms with Crippen molar-refractivity contribution >= 4 is 43.6 Å². The van der Waals surface area contributed by atoms with Gasteiger partial charge in [0.1, 0.15) is 5.54 Å². The van der Waals surface area contributed by atoms with Crippen molar-refractivity contribution in [3.63, 3.8) is 0 Å². The van der Waals surface area contributed by atoms with Crippen LogP contribution in [0.4, 0.5) is 5.69 Å².